The van der Waals surface area contributed by atoms with E-state index in [0.29, 0.717) is 11.3 Å². The number of carboxylic acids is 1. The third kappa shape index (κ3) is 3.24. The van der Waals surface area contributed by atoms with Crippen molar-refractivity contribution in [3.05, 3.63) is 65.7 Å². The van der Waals surface area contributed by atoms with Crippen molar-refractivity contribution in [2.45, 2.75) is 12.3 Å². The van der Waals surface area contributed by atoms with Gasteiger partial charge in [-0.3, -0.25) is 4.79 Å². The predicted octanol–water partition coefficient (Wildman–Crippen LogP) is 3.09. The molecule has 0 bridgehead atoms. The number of rotatable bonds is 3. The first-order chi connectivity index (χ1) is 10.1. The average molecular weight is 280 g/mol. The van der Waals surface area contributed by atoms with Crippen LogP contribution < -0.4 is 4.74 Å². The highest BCUT2D eigenvalue weighted by molar-refractivity contribution is 5.85. The van der Waals surface area contributed by atoms with Gasteiger partial charge in [-0.1, -0.05) is 42.2 Å². The van der Waals surface area contributed by atoms with Crippen molar-refractivity contribution in [3.8, 4) is 17.6 Å². The molecule has 1 unspecified atom stereocenters. The van der Waals surface area contributed by atoms with Gasteiger partial charge in [0.25, 0.3) is 0 Å². The fourth-order valence-corrected chi connectivity index (χ4v) is 1.90. The molecular formula is C18H16O3. The number of hydrogen-bond donors (Lipinski definition) is 1. The minimum Gasteiger partial charge on any atom is -0.497 e. The molecule has 2 rings (SSSR count). The van der Waals surface area contributed by atoms with Crippen molar-refractivity contribution in [1.82, 2.24) is 0 Å². The molecule has 106 valence electrons. The molecule has 0 aromatic heterocycles. The fraction of sp³-hybridized carbons (Fsp3) is 0.167. The average Bonchev–Trinajstić information content (AvgIpc) is 2.53. The standard InChI is InChI=1S/C18H16O3/c1-18(17(19)20,12-11-14-7-4-3-5-8-14)15-9-6-10-16(13-15)21-2/h3-10,13H,1-2H3,(H,19,20). The molecule has 0 saturated heterocycles. The second-order valence-corrected chi connectivity index (χ2v) is 4.78. The van der Waals surface area contributed by atoms with Gasteiger partial charge >= 0.3 is 5.97 Å². The predicted molar refractivity (Wildman–Crippen MR) is 81.3 cm³/mol. The summed E-state index contributed by atoms with van der Waals surface area (Å²) in [6, 6.07) is 16.3. The molecule has 1 atom stereocenters. The second kappa shape index (κ2) is 6.15. The molecular weight excluding hydrogens is 264 g/mol. The van der Waals surface area contributed by atoms with E-state index in [0.717, 1.165) is 5.56 Å². The first kappa shape index (κ1) is 14.7. The van der Waals surface area contributed by atoms with Gasteiger partial charge in [0.2, 0.25) is 0 Å². The zero-order valence-electron chi connectivity index (χ0n) is 12.0. The monoisotopic (exact) mass is 280 g/mol. The molecule has 0 amide bonds. The lowest BCUT2D eigenvalue weighted by Crippen LogP contribution is -2.30. The van der Waals surface area contributed by atoms with E-state index in [1.165, 1.54) is 0 Å². The van der Waals surface area contributed by atoms with Crippen LogP contribution in [0.4, 0.5) is 0 Å². The van der Waals surface area contributed by atoms with Gasteiger partial charge in [0.1, 0.15) is 5.75 Å². The first-order valence-corrected chi connectivity index (χ1v) is 6.52. The molecule has 0 spiro atoms. The molecule has 0 saturated carbocycles. The summed E-state index contributed by atoms with van der Waals surface area (Å²) in [5.41, 5.74) is 0.0929. The number of carbonyl (C=O) groups is 1. The lowest BCUT2D eigenvalue weighted by molar-refractivity contribution is -0.140. The van der Waals surface area contributed by atoms with Crippen LogP contribution in [0.25, 0.3) is 0 Å². The van der Waals surface area contributed by atoms with E-state index in [-0.39, 0.29) is 0 Å². The Morgan fingerprint density at radius 2 is 1.86 bits per heavy atom. The fourth-order valence-electron chi connectivity index (χ4n) is 1.90. The molecule has 1 N–H and O–H groups in total. The maximum Gasteiger partial charge on any atom is 0.326 e. The van der Waals surface area contributed by atoms with Crippen LogP contribution in [0.15, 0.2) is 54.6 Å². The lowest BCUT2D eigenvalue weighted by Gasteiger charge is -2.19. The van der Waals surface area contributed by atoms with Crippen molar-refractivity contribution in [2.75, 3.05) is 7.11 Å². The largest absolute Gasteiger partial charge is 0.497 e. The molecule has 0 radical (unpaired) electrons. The van der Waals surface area contributed by atoms with E-state index in [2.05, 4.69) is 11.8 Å². The topological polar surface area (TPSA) is 46.5 Å². The van der Waals surface area contributed by atoms with Gasteiger partial charge in [0, 0.05) is 5.56 Å². The Bertz CT molecular complexity index is 695. The molecule has 2 aromatic rings. The third-order valence-corrected chi connectivity index (χ3v) is 3.31. The van der Waals surface area contributed by atoms with Gasteiger partial charge in [-0.15, -0.1) is 0 Å². The highest BCUT2D eigenvalue weighted by atomic mass is 16.5. The summed E-state index contributed by atoms with van der Waals surface area (Å²) >= 11 is 0. The molecule has 0 aliphatic heterocycles. The molecule has 21 heavy (non-hydrogen) atoms. The third-order valence-electron chi connectivity index (χ3n) is 3.31. The quantitative estimate of drug-likeness (QED) is 0.879. The lowest BCUT2D eigenvalue weighted by atomic mass is 9.83. The Kier molecular flexibility index (Phi) is 4.30. The highest BCUT2D eigenvalue weighted by Gasteiger charge is 2.33. The molecule has 3 heteroatoms. The molecule has 0 heterocycles. The summed E-state index contributed by atoms with van der Waals surface area (Å²) in [7, 11) is 1.55. The highest BCUT2D eigenvalue weighted by Crippen LogP contribution is 2.27. The Hall–Kier alpha value is -2.73. The summed E-state index contributed by atoms with van der Waals surface area (Å²) in [6.07, 6.45) is 0. The Morgan fingerprint density at radius 1 is 1.14 bits per heavy atom. The Balaban J connectivity index is 2.46. The first-order valence-electron chi connectivity index (χ1n) is 6.52. The van der Waals surface area contributed by atoms with Gasteiger partial charge in [-0.05, 0) is 36.8 Å². The van der Waals surface area contributed by atoms with Crippen LogP contribution in [0.3, 0.4) is 0 Å². The van der Waals surface area contributed by atoms with Crippen molar-refractivity contribution in [3.63, 3.8) is 0 Å². The summed E-state index contributed by atoms with van der Waals surface area (Å²) < 4.78 is 5.15. The number of hydrogen-bond acceptors (Lipinski definition) is 2. The molecule has 2 aromatic carbocycles. The van der Waals surface area contributed by atoms with Crippen LogP contribution in [0, 0.1) is 11.8 Å². The molecule has 3 nitrogen and oxygen atoms in total. The number of ether oxygens (including phenoxy) is 1. The van der Waals surface area contributed by atoms with Crippen molar-refractivity contribution < 1.29 is 14.6 Å². The smallest absolute Gasteiger partial charge is 0.326 e. The number of methoxy groups -OCH3 is 1. The van der Waals surface area contributed by atoms with Gasteiger partial charge in [-0.2, -0.15) is 0 Å². The van der Waals surface area contributed by atoms with Crippen LogP contribution in [-0.2, 0) is 10.2 Å². The summed E-state index contributed by atoms with van der Waals surface area (Å²) in [5, 5.41) is 9.58. The van der Waals surface area contributed by atoms with Crippen LogP contribution in [0.2, 0.25) is 0 Å². The van der Waals surface area contributed by atoms with Gasteiger partial charge in [0.15, 0.2) is 5.41 Å². The van der Waals surface area contributed by atoms with E-state index < -0.39 is 11.4 Å². The normalized spacial score (nSPS) is 12.7. The summed E-state index contributed by atoms with van der Waals surface area (Å²) in [6.45, 7) is 1.60. The number of carboxylic acid groups (broad SMARTS) is 1. The van der Waals surface area contributed by atoms with Gasteiger partial charge in [-0.25, -0.2) is 0 Å². The van der Waals surface area contributed by atoms with Crippen LogP contribution in [0.5, 0.6) is 5.75 Å². The minimum absolute atomic E-state index is 0.595. The van der Waals surface area contributed by atoms with E-state index in [1.807, 2.05) is 30.3 Å². The van der Waals surface area contributed by atoms with Crippen molar-refractivity contribution in [2.24, 2.45) is 0 Å². The maximum absolute atomic E-state index is 11.7. The molecule has 0 aliphatic carbocycles. The summed E-state index contributed by atoms with van der Waals surface area (Å²) in [4.78, 5) is 11.7. The Morgan fingerprint density at radius 3 is 2.48 bits per heavy atom. The van der Waals surface area contributed by atoms with Crippen molar-refractivity contribution in [1.29, 1.82) is 0 Å². The van der Waals surface area contributed by atoms with E-state index in [1.54, 1.807) is 38.3 Å². The van der Waals surface area contributed by atoms with Crippen LogP contribution in [0.1, 0.15) is 18.1 Å². The SMILES string of the molecule is COc1cccc(C(C)(C#Cc2ccccc2)C(=O)O)c1. The number of benzene rings is 2. The zero-order valence-corrected chi connectivity index (χ0v) is 12.0. The Labute approximate surface area is 124 Å². The summed E-state index contributed by atoms with van der Waals surface area (Å²) in [5.74, 6) is 5.43. The van der Waals surface area contributed by atoms with E-state index in [9.17, 15) is 9.90 Å². The number of aliphatic carboxylic acids is 1. The molecule has 0 aliphatic rings. The van der Waals surface area contributed by atoms with E-state index >= 15 is 0 Å². The molecule has 0 fully saturated rings. The maximum atomic E-state index is 11.7. The zero-order chi connectivity index (χ0) is 15.3. The van der Waals surface area contributed by atoms with E-state index in [4.69, 9.17) is 4.74 Å². The van der Waals surface area contributed by atoms with Crippen LogP contribution in [-0.4, -0.2) is 18.2 Å². The minimum atomic E-state index is -1.29. The second-order valence-electron chi connectivity index (χ2n) is 4.78. The van der Waals surface area contributed by atoms with Crippen molar-refractivity contribution >= 4 is 5.97 Å². The van der Waals surface area contributed by atoms with Crippen LogP contribution >= 0.6 is 0 Å². The van der Waals surface area contributed by atoms with Gasteiger partial charge < -0.3 is 9.84 Å². The van der Waals surface area contributed by atoms with Gasteiger partial charge in [0.05, 0.1) is 7.11 Å².